The summed E-state index contributed by atoms with van der Waals surface area (Å²) in [5.41, 5.74) is 2.76. The van der Waals surface area contributed by atoms with E-state index in [9.17, 15) is 9.90 Å². The van der Waals surface area contributed by atoms with E-state index in [4.69, 9.17) is 9.47 Å². The van der Waals surface area contributed by atoms with E-state index >= 15 is 0 Å². The van der Waals surface area contributed by atoms with Crippen LogP contribution in [0.2, 0.25) is 0 Å². The molecule has 0 amide bonds. The lowest BCUT2D eigenvalue weighted by Gasteiger charge is -2.48. The second kappa shape index (κ2) is 7.62. The van der Waals surface area contributed by atoms with Crippen molar-refractivity contribution < 1.29 is 19.4 Å². The molecule has 4 heteroatoms. The minimum absolute atomic E-state index is 0.00523. The van der Waals surface area contributed by atoms with Gasteiger partial charge in [0.15, 0.2) is 5.78 Å². The number of hydrogen-bond acceptors (Lipinski definition) is 4. The SMILES string of the molecule is COc1cc(C)c2c(c1)CCC(C)(CC1=C(CC(C)(C)O)C(=O)C3(C)CCCC3(C)C1)O2. The van der Waals surface area contributed by atoms with Crippen LogP contribution in [0.5, 0.6) is 11.5 Å². The highest BCUT2D eigenvalue weighted by molar-refractivity contribution is 6.02. The topological polar surface area (TPSA) is 55.8 Å². The van der Waals surface area contributed by atoms with E-state index in [1.807, 2.05) is 19.9 Å². The van der Waals surface area contributed by atoms with Gasteiger partial charge in [0.25, 0.3) is 0 Å². The van der Waals surface area contributed by atoms with Gasteiger partial charge in [-0.1, -0.05) is 25.8 Å². The standard InChI is InChI=1S/C28H40O4/c1-18-13-21(31-7)14-19-9-12-27(5,32-23(18)19)16-20-15-26(4)10-8-11-28(26,6)24(29)22(20)17-25(2,3)30/h13-14,30H,8-12,15-17H2,1-7H3. The van der Waals surface area contributed by atoms with Crippen molar-refractivity contribution in [1.82, 2.24) is 0 Å². The molecule has 0 bridgehead atoms. The van der Waals surface area contributed by atoms with E-state index in [1.165, 1.54) is 11.1 Å². The van der Waals surface area contributed by atoms with Gasteiger partial charge in [-0.3, -0.25) is 4.79 Å². The van der Waals surface area contributed by atoms with Gasteiger partial charge in [0, 0.05) is 18.3 Å². The molecule has 1 saturated carbocycles. The molecule has 3 aliphatic rings. The summed E-state index contributed by atoms with van der Waals surface area (Å²) in [6.45, 7) is 12.3. The fourth-order valence-electron chi connectivity index (χ4n) is 6.49. The summed E-state index contributed by atoms with van der Waals surface area (Å²) < 4.78 is 12.1. The predicted octanol–water partition coefficient (Wildman–Crippen LogP) is 6.10. The summed E-state index contributed by atoms with van der Waals surface area (Å²) >= 11 is 0. The van der Waals surface area contributed by atoms with E-state index in [0.717, 1.165) is 67.6 Å². The van der Waals surface area contributed by atoms with E-state index in [2.05, 4.69) is 33.8 Å². The summed E-state index contributed by atoms with van der Waals surface area (Å²) in [7, 11) is 1.70. The summed E-state index contributed by atoms with van der Waals surface area (Å²) in [5, 5.41) is 10.7. The maximum absolute atomic E-state index is 13.9. The van der Waals surface area contributed by atoms with Gasteiger partial charge in [0.1, 0.15) is 17.1 Å². The number of methoxy groups -OCH3 is 1. The van der Waals surface area contributed by atoms with Crippen molar-refractivity contribution in [3.05, 3.63) is 34.4 Å². The third-order valence-corrected chi connectivity index (χ3v) is 8.57. The molecule has 3 unspecified atom stereocenters. The lowest BCUT2D eigenvalue weighted by atomic mass is 9.56. The van der Waals surface area contributed by atoms with Crippen LogP contribution in [-0.4, -0.2) is 29.2 Å². The van der Waals surface area contributed by atoms with Crippen LogP contribution in [0.15, 0.2) is 23.3 Å². The fourth-order valence-corrected chi connectivity index (χ4v) is 6.49. The normalized spacial score (nSPS) is 32.4. The molecule has 1 aromatic carbocycles. The largest absolute Gasteiger partial charge is 0.497 e. The molecule has 176 valence electrons. The minimum Gasteiger partial charge on any atom is -0.497 e. The molecule has 1 aromatic rings. The second-order valence-electron chi connectivity index (χ2n) is 12.0. The van der Waals surface area contributed by atoms with Crippen LogP contribution in [0.1, 0.15) is 90.7 Å². The van der Waals surface area contributed by atoms with E-state index in [1.54, 1.807) is 7.11 Å². The first-order chi connectivity index (χ1) is 14.8. The number of rotatable bonds is 5. The predicted molar refractivity (Wildman–Crippen MR) is 127 cm³/mol. The monoisotopic (exact) mass is 440 g/mol. The number of benzene rings is 1. The van der Waals surface area contributed by atoms with Gasteiger partial charge < -0.3 is 14.6 Å². The lowest BCUT2D eigenvalue weighted by molar-refractivity contribution is -0.131. The van der Waals surface area contributed by atoms with Crippen LogP contribution in [0, 0.1) is 17.8 Å². The number of hydrogen-bond donors (Lipinski definition) is 1. The highest BCUT2D eigenvalue weighted by Crippen LogP contribution is 2.61. The molecular formula is C28H40O4. The van der Waals surface area contributed by atoms with Crippen molar-refractivity contribution in [2.75, 3.05) is 7.11 Å². The average Bonchev–Trinajstić information content (AvgIpc) is 3.00. The molecule has 4 nitrogen and oxygen atoms in total. The maximum atomic E-state index is 13.9. The summed E-state index contributed by atoms with van der Waals surface area (Å²) in [6, 6.07) is 4.11. The zero-order chi connectivity index (χ0) is 23.5. The summed E-state index contributed by atoms with van der Waals surface area (Å²) in [5.74, 6) is 2.10. The van der Waals surface area contributed by atoms with E-state index < -0.39 is 5.60 Å². The maximum Gasteiger partial charge on any atom is 0.165 e. The fraction of sp³-hybridized carbons (Fsp3) is 0.679. The third-order valence-electron chi connectivity index (χ3n) is 8.57. The van der Waals surface area contributed by atoms with Gasteiger partial charge >= 0.3 is 0 Å². The molecule has 0 spiro atoms. The first kappa shape index (κ1) is 23.4. The van der Waals surface area contributed by atoms with Gasteiger partial charge in [-0.25, -0.2) is 0 Å². The van der Waals surface area contributed by atoms with Crippen molar-refractivity contribution in [3.8, 4) is 11.5 Å². The van der Waals surface area contributed by atoms with Gasteiger partial charge in [-0.15, -0.1) is 0 Å². The van der Waals surface area contributed by atoms with Crippen LogP contribution < -0.4 is 9.47 Å². The molecular weight excluding hydrogens is 400 g/mol. The van der Waals surface area contributed by atoms with Gasteiger partial charge in [0.05, 0.1) is 12.7 Å². The third kappa shape index (κ3) is 3.89. The van der Waals surface area contributed by atoms with Crippen LogP contribution in [-0.2, 0) is 11.2 Å². The lowest BCUT2D eigenvalue weighted by Crippen LogP contribution is -2.47. The Labute approximate surface area is 193 Å². The molecule has 4 rings (SSSR count). The van der Waals surface area contributed by atoms with Crippen LogP contribution in [0.3, 0.4) is 0 Å². The molecule has 1 aliphatic heterocycles. The highest BCUT2D eigenvalue weighted by atomic mass is 16.5. The van der Waals surface area contributed by atoms with Crippen LogP contribution in [0.4, 0.5) is 0 Å². The van der Waals surface area contributed by atoms with Crippen LogP contribution in [0.25, 0.3) is 0 Å². The molecule has 0 saturated heterocycles. The molecule has 3 atom stereocenters. The molecule has 1 heterocycles. The minimum atomic E-state index is -0.910. The molecule has 32 heavy (non-hydrogen) atoms. The number of carbonyl (C=O) groups excluding carboxylic acids is 1. The number of ether oxygens (including phenoxy) is 2. The average molecular weight is 441 g/mol. The Hall–Kier alpha value is -1.81. The Bertz CT molecular complexity index is 968. The Morgan fingerprint density at radius 1 is 1.16 bits per heavy atom. The van der Waals surface area contributed by atoms with Gasteiger partial charge in [0.2, 0.25) is 0 Å². The number of fused-ring (bicyclic) bond motifs is 2. The number of carbonyl (C=O) groups is 1. The Morgan fingerprint density at radius 2 is 1.88 bits per heavy atom. The zero-order valence-corrected chi connectivity index (χ0v) is 21.0. The Balaban J connectivity index is 1.70. The summed E-state index contributed by atoms with van der Waals surface area (Å²) in [4.78, 5) is 13.9. The number of ketones is 1. The molecule has 1 N–H and O–H groups in total. The van der Waals surface area contributed by atoms with Crippen molar-refractivity contribution in [2.24, 2.45) is 10.8 Å². The zero-order valence-electron chi connectivity index (χ0n) is 21.0. The number of Topliss-reactive ketones (excluding diaryl/α,β-unsaturated/α-hetero) is 1. The number of aryl methyl sites for hydroxylation is 2. The van der Waals surface area contributed by atoms with Crippen molar-refractivity contribution >= 4 is 5.78 Å². The molecule has 1 fully saturated rings. The number of aliphatic hydroxyl groups is 1. The van der Waals surface area contributed by atoms with Crippen molar-refractivity contribution in [3.63, 3.8) is 0 Å². The Morgan fingerprint density at radius 3 is 2.53 bits per heavy atom. The first-order valence-electron chi connectivity index (χ1n) is 12.1. The smallest absolute Gasteiger partial charge is 0.165 e. The quantitative estimate of drug-likeness (QED) is 0.601. The molecule has 2 aliphatic carbocycles. The van der Waals surface area contributed by atoms with Crippen molar-refractivity contribution in [1.29, 1.82) is 0 Å². The molecule has 0 aromatic heterocycles. The van der Waals surface area contributed by atoms with E-state index in [-0.39, 0.29) is 22.2 Å². The summed E-state index contributed by atoms with van der Waals surface area (Å²) in [6.07, 6.45) is 7.05. The van der Waals surface area contributed by atoms with Gasteiger partial charge in [-0.2, -0.15) is 0 Å². The van der Waals surface area contributed by atoms with Crippen LogP contribution >= 0.6 is 0 Å². The van der Waals surface area contributed by atoms with Crippen molar-refractivity contribution in [2.45, 2.75) is 104 Å². The Kier molecular flexibility index (Phi) is 5.56. The second-order valence-corrected chi connectivity index (χ2v) is 12.0. The van der Waals surface area contributed by atoms with Gasteiger partial charge in [-0.05, 0) is 94.0 Å². The van der Waals surface area contributed by atoms with E-state index in [0.29, 0.717) is 6.42 Å². The molecule has 0 radical (unpaired) electrons. The highest BCUT2D eigenvalue weighted by Gasteiger charge is 2.57. The first-order valence-corrected chi connectivity index (χ1v) is 12.1.